The first kappa shape index (κ1) is 28.8. The van der Waals surface area contributed by atoms with Gasteiger partial charge in [-0.15, -0.1) is 6.61 Å². The van der Waals surface area contributed by atoms with Gasteiger partial charge in [0.2, 0.25) is 5.91 Å². The SMILES string of the molecule is CC.CCNCC(C)(C)COCC(C)(C)CC(=O)NCC[O-].[K+]. The van der Waals surface area contributed by atoms with Gasteiger partial charge in [-0.05, 0) is 12.0 Å². The minimum Gasteiger partial charge on any atom is -0.853 e. The maximum atomic E-state index is 11.6. The Balaban J connectivity index is -0.00000128. The van der Waals surface area contributed by atoms with Gasteiger partial charge in [0.05, 0.1) is 13.2 Å². The third kappa shape index (κ3) is 19.2. The summed E-state index contributed by atoms with van der Waals surface area (Å²) in [6.07, 6.45) is 0.376. The zero-order chi connectivity index (χ0) is 17.6. The largest absolute Gasteiger partial charge is 1.00 e. The average Bonchev–Trinajstić information content (AvgIpc) is 2.44. The molecule has 0 aromatic rings. The fourth-order valence-electron chi connectivity index (χ4n) is 1.86. The second-order valence-corrected chi connectivity index (χ2v) is 6.83. The van der Waals surface area contributed by atoms with Crippen LogP contribution in [0.2, 0.25) is 0 Å². The number of hydrogen-bond acceptors (Lipinski definition) is 4. The number of rotatable bonds is 11. The van der Waals surface area contributed by atoms with Crippen LogP contribution >= 0.6 is 0 Å². The van der Waals surface area contributed by atoms with Crippen molar-refractivity contribution in [2.24, 2.45) is 10.8 Å². The fourth-order valence-corrected chi connectivity index (χ4v) is 1.86. The molecule has 2 N–H and O–H groups in total. The molecule has 0 saturated carbocycles. The van der Waals surface area contributed by atoms with Crippen LogP contribution in [-0.2, 0) is 9.53 Å². The normalized spacial score (nSPS) is 11.1. The molecule has 0 fully saturated rings. The summed E-state index contributed by atoms with van der Waals surface area (Å²) in [5.74, 6) is -0.0821. The average molecular weight is 357 g/mol. The van der Waals surface area contributed by atoms with E-state index in [1.165, 1.54) is 0 Å². The van der Waals surface area contributed by atoms with Crippen LogP contribution in [-0.4, -0.2) is 45.4 Å². The molecule has 0 radical (unpaired) electrons. The molecule has 6 heteroatoms. The van der Waals surface area contributed by atoms with Gasteiger partial charge in [0.25, 0.3) is 0 Å². The first-order chi connectivity index (χ1) is 10.2. The van der Waals surface area contributed by atoms with E-state index in [0.29, 0.717) is 19.6 Å². The van der Waals surface area contributed by atoms with Gasteiger partial charge in [-0.1, -0.05) is 48.5 Å². The molecule has 0 aliphatic carbocycles. The number of hydrogen-bond donors (Lipinski definition) is 2. The van der Waals surface area contributed by atoms with Crippen molar-refractivity contribution in [2.45, 2.75) is 54.9 Å². The third-order valence-electron chi connectivity index (χ3n) is 2.90. The molecule has 0 atom stereocenters. The van der Waals surface area contributed by atoms with E-state index in [9.17, 15) is 9.90 Å². The monoisotopic (exact) mass is 356 g/mol. The second-order valence-electron chi connectivity index (χ2n) is 6.83. The van der Waals surface area contributed by atoms with E-state index < -0.39 is 0 Å². The molecule has 0 spiro atoms. The summed E-state index contributed by atoms with van der Waals surface area (Å²) in [4.78, 5) is 11.6. The van der Waals surface area contributed by atoms with Crippen molar-refractivity contribution in [3.63, 3.8) is 0 Å². The number of nitrogens with one attached hydrogen (secondary N) is 2. The van der Waals surface area contributed by atoms with Crippen molar-refractivity contribution >= 4 is 5.91 Å². The number of carbonyl (C=O) groups is 1. The predicted octanol–water partition coefficient (Wildman–Crippen LogP) is -1.44. The number of ether oxygens (including phenoxy) is 1. The summed E-state index contributed by atoms with van der Waals surface area (Å²) in [5, 5.41) is 16.2. The van der Waals surface area contributed by atoms with E-state index in [1.54, 1.807) is 0 Å². The van der Waals surface area contributed by atoms with Gasteiger partial charge in [-0.2, -0.15) is 0 Å². The van der Waals surface area contributed by atoms with Crippen LogP contribution in [0.25, 0.3) is 0 Å². The van der Waals surface area contributed by atoms with Crippen LogP contribution in [0.15, 0.2) is 0 Å². The van der Waals surface area contributed by atoms with Crippen molar-refractivity contribution < 1.29 is 66.0 Å². The molecule has 0 aromatic heterocycles. The predicted molar refractivity (Wildman–Crippen MR) is 90.8 cm³/mol. The van der Waals surface area contributed by atoms with Gasteiger partial charge in [-0.3, -0.25) is 4.79 Å². The zero-order valence-corrected chi connectivity index (χ0v) is 19.8. The molecular weight excluding hydrogens is 319 g/mol. The molecule has 0 aliphatic heterocycles. The summed E-state index contributed by atoms with van der Waals surface area (Å²) < 4.78 is 5.78. The van der Waals surface area contributed by atoms with E-state index in [1.807, 2.05) is 27.7 Å². The maximum Gasteiger partial charge on any atom is 1.00 e. The molecule has 0 aromatic carbocycles. The Labute approximate surface area is 186 Å². The molecule has 0 rings (SSSR count). The van der Waals surface area contributed by atoms with E-state index in [0.717, 1.165) is 13.1 Å². The molecule has 0 aliphatic rings. The Kier molecular flexibility index (Phi) is 20.6. The molecule has 0 saturated heterocycles. The van der Waals surface area contributed by atoms with E-state index in [-0.39, 0.29) is 81.3 Å². The van der Waals surface area contributed by atoms with Crippen molar-refractivity contribution in [1.29, 1.82) is 0 Å². The van der Waals surface area contributed by atoms with Crippen LogP contribution in [0.3, 0.4) is 0 Å². The van der Waals surface area contributed by atoms with Gasteiger partial charge in [0.1, 0.15) is 0 Å². The summed E-state index contributed by atoms with van der Waals surface area (Å²) in [5.41, 5.74) is -0.141. The Morgan fingerprint density at radius 2 is 1.61 bits per heavy atom. The smallest absolute Gasteiger partial charge is 0.853 e. The first-order valence-corrected chi connectivity index (χ1v) is 8.36. The van der Waals surface area contributed by atoms with Crippen LogP contribution in [0.5, 0.6) is 0 Å². The Hall–Kier alpha value is 0.986. The summed E-state index contributed by atoms with van der Waals surface area (Å²) in [6, 6.07) is 0. The van der Waals surface area contributed by atoms with Crippen LogP contribution < -0.4 is 67.1 Å². The van der Waals surface area contributed by atoms with Crippen molar-refractivity contribution in [3.05, 3.63) is 0 Å². The van der Waals surface area contributed by atoms with E-state index in [2.05, 4.69) is 31.4 Å². The molecule has 0 unspecified atom stereocenters. The molecule has 0 bridgehead atoms. The minimum atomic E-state index is -0.277. The van der Waals surface area contributed by atoms with Crippen LogP contribution in [0.4, 0.5) is 0 Å². The number of amides is 1. The standard InChI is InChI=1S/C15H31N2O3.C2H6.K/c1-6-16-10-15(4,5)12-20-11-14(2,3)9-13(19)17-7-8-18;1-2;/h16H,6-12H2,1-5H3,(H,17,19);1-2H3;/q-1;;+1. The van der Waals surface area contributed by atoms with Crippen LogP contribution in [0.1, 0.15) is 54.9 Å². The van der Waals surface area contributed by atoms with Crippen molar-refractivity contribution in [3.8, 4) is 0 Å². The van der Waals surface area contributed by atoms with Crippen LogP contribution in [0, 0.1) is 10.8 Å². The van der Waals surface area contributed by atoms with E-state index in [4.69, 9.17) is 4.74 Å². The van der Waals surface area contributed by atoms with Gasteiger partial charge in [0, 0.05) is 24.9 Å². The van der Waals surface area contributed by atoms with Gasteiger partial charge >= 0.3 is 51.4 Å². The fraction of sp³-hybridized carbons (Fsp3) is 0.941. The Morgan fingerprint density at radius 1 is 1.09 bits per heavy atom. The molecule has 5 nitrogen and oxygen atoms in total. The van der Waals surface area contributed by atoms with Crippen molar-refractivity contribution in [2.75, 3.05) is 39.5 Å². The van der Waals surface area contributed by atoms with Gasteiger partial charge in [-0.25, -0.2) is 0 Å². The zero-order valence-electron chi connectivity index (χ0n) is 16.7. The Morgan fingerprint density at radius 3 is 2.09 bits per heavy atom. The first-order valence-electron chi connectivity index (χ1n) is 8.36. The van der Waals surface area contributed by atoms with E-state index >= 15 is 0 Å². The summed E-state index contributed by atoms with van der Waals surface area (Å²) in [7, 11) is 0. The molecular formula is C17H37KN2O3. The maximum absolute atomic E-state index is 11.6. The topological polar surface area (TPSA) is 73.4 Å². The molecule has 134 valence electrons. The quantitative estimate of drug-likeness (QED) is 0.445. The summed E-state index contributed by atoms with van der Waals surface area (Å²) in [6.45, 7) is 17.4. The van der Waals surface area contributed by atoms with Gasteiger partial charge < -0.3 is 20.5 Å². The summed E-state index contributed by atoms with van der Waals surface area (Å²) >= 11 is 0. The molecule has 0 heterocycles. The van der Waals surface area contributed by atoms with Crippen molar-refractivity contribution in [1.82, 2.24) is 10.6 Å². The second kappa shape index (κ2) is 16.5. The minimum absolute atomic E-state index is 0. The Bertz CT molecular complexity index is 285. The van der Waals surface area contributed by atoms with Gasteiger partial charge in [0.15, 0.2) is 0 Å². The molecule has 23 heavy (non-hydrogen) atoms. The third-order valence-corrected chi connectivity index (χ3v) is 2.90. The number of carbonyl (C=O) groups excluding carboxylic acids is 1. The molecule has 1 amide bonds.